The fourth-order valence-electron chi connectivity index (χ4n) is 4.49. The number of ether oxygens (including phenoxy) is 2. The molecule has 144 valence electrons. The van der Waals surface area contributed by atoms with Crippen molar-refractivity contribution in [3.8, 4) is 11.5 Å². The van der Waals surface area contributed by atoms with E-state index in [0.717, 1.165) is 43.9 Å². The third kappa shape index (κ3) is 3.83. The number of quaternary nitrogens is 1. The van der Waals surface area contributed by atoms with E-state index < -0.39 is 0 Å². The lowest BCUT2D eigenvalue weighted by molar-refractivity contribution is -0.930. The number of amides is 1. The summed E-state index contributed by atoms with van der Waals surface area (Å²) in [5.74, 6) is 1.84. The zero-order chi connectivity index (χ0) is 18.7. The van der Waals surface area contributed by atoms with E-state index in [1.165, 1.54) is 35.3 Å². The summed E-state index contributed by atoms with van der Waals surface area (Å²) in [7, 11) is 5.34. The van der Waals surface area contributed by atoms with Gasteiger partial charge in [0.2, 0.25) is 0 Å². The first-order valence-corrected chi connectivity index (χ1v) is 9.90. The van der Waals surface area contributed by atoms with Crippen LogP contribution in [0.4, 0.5) is 0 Å². The molecule has 26 heavy (non-hydrogen) atoms. The number of methoxy groups -OCH3 is 2. The number of hydrogen-bond donors (Lipinski definition) is 1. The summed E-state index contributed by atoms with van der Waals surface area (Å²) in [6.45, 7) is 3.93. The molecular formula is C21H33N2O3+. The first-order chi connectivity index (χ1) is 12.5. The fourth-order valence-corrected chi connectivity index (χ4v) is 4.49. The highest BCUT2D eigenvalue weighted by Gasteiger charge is 2.34. The van der Waals surface area contributed by atoms with Gasteiger partial charge in [0.25, 0.3) is 5.91 Å². The van der Waals surface area contributed by atoms with Crippen LogP contribution in [0.3, 0.4) is 0 Å². The Balaban J connectivity index is 1.70. The van der Waals surface area contributed by atoms with Crippen molar-refractivity contribution in [2.24, 2.45) is 0 Å². The number of nitrogens with zero attached hydrogens (tertiary/aromatic N) is 1. The van der Waals surface area contributed by atoms with Crippen molar-refractivity contribution in [2.45, 2.75) is 64.1 Å². The summed E-state index contributed by atoms with van der Waals surface area (Å²) in [6, 6.07) is 4.59. The molecule has 1 aromatic rings. The molecule has 5 heteroatoms. The summed E-state index contributed by atoms with van der Waals surface area (Å²) >= 11 is 0. The average Bonchev–Trinajstić information content (AvgIpc) is 2.71. The standard InChI is InChI=1S/C21H32N2O3/c1-15(21(24)22(2)18-8-6-5-7-9-18)23-11-10-16-12-19(25-3)20(26-4)13-17(16)14-23/h12-13,15,18H,5-11,14H2,1-4H3/p+1/t15-/m0/s1. The van der Waals surface area contributed by atoms with Crippen molar-refractivity contribution in [1.82, 2.24) is 4.90 Å². The maximum Gasteiger partial charge on any atom is 0.280 e. The average molecular weight is 362 g/mol. The smallest absolute Gasteiger partial charge is 0.280 e. The second-order valence-corrected chi connectivity index (χ2v) is 7.77. The monoisotopic (exact) mass is 361 g/mol. The number of nitrogens with one attached hydrogen (secondary N) is 1. The zero-order valence-electron chi connectivity index (χ0n) is 16.6. The van der Waals surface area contributed by atoms with Crippen LogP contribution >= 0.6 is 0 Å². The Bertz CT molecular complexity index is 640. The van der Waals surface area contributed by atoms with Crippen molar-refractivity contribution in [3.63, 3.8) is 0 Å². The highest BCUT2D eigenvalue weighted by Crippen LogP contribution is 2.31. The largest absolute Gasteiger partial charge is 0.493 e. The second-order valence-electron chi connectivity index (χ2n) is 7.77. The molecule has 2 aliphatic rings. The van der Waals surface area contributed by atoms with E-state index in [4.69, 9.17) is 9.47 Å². The summed E-state index contributed by atoms with van der Waals surface area (Å²) in [6.07, 6.45) is 7.10. The van der Waals surface area contributed by atoms with E-state index in [2.05, 4.69) is 19.1 Å². The van der Waals surface area contributed by atoms with Crippen molar-refractivity contribution < 1.29 is 19.2 Å². The highest BCUT2D eigenvalue weighted by atomic mass is 16.5. The molecular weight excluding hydrogens is 328 g/mol. The van der Waals surface area contributed by atoms with Crippen LogP contribution in [0, 0.1) is 0 Å². The Kier molecular flexibility index (Phi) is 6.07. The number of fused-ring (bicyclic) bond motifs is 1. The normalized spacial score (nSPS) is 21.6. The maximum atomic E-state index is 13.0. The fraction of sp³-hybridized carbons (Fsp3) is 0.667. The van der Waals surface area contributed by atoms with E-state index in [-0.39, 0.29) is 11.9 Å². The number of carbonyl (C=O) groups is 1. The molecule has 0 spiro atoms. The molecule has 1 saturated carbocycles. The maximum absolute atomic E-state index is 13.0. The van der Waals surface area contributed by atoms with E-state index in [1.807, 2.05) is 11.9 Å². The molecule has 1 aromatic carbocycles. The highest BCUT2D eigenvalue weighted by molar-refractivity contribution is 5.80. The molecule has 1 amide bonds. The molecule has 1 N–H and O–H groups in total. The molecule has 1 aliphatic carbocycles. The molecule has 1 heterocycles. The minimum absolute atomic E-state index is 0.0110. The molecule has 1 fully saturated rings. The third-order valence-electron chi connectivity index (χ3n) is 6.29. The minimum Gasteiger partial charge on any atom is -0.493 e. The van der Waals surface area contributed by atoms with Crippen molar-refractivity contribution in [2.75, 3.05) is 27.8 Å². The van der Waals surface area contributed by atoms with Gasteiger partial charge in [-0.2, -0.15) is 0 Å². The summed E-state index contributed by atoms with van der Waals surface area (Å²) < 4.78 is 10.9. The molecule has 0 saturated heterocycles. The van der Waals surface area contributed by atoms with Crippen LogP contribution < -0.4 is 14.4 Å². The van der Waals surface area contributed by atoms with E-state index in [1.54, 1.807) is 14.2 Å². The van der Waals surface area contributed by atoms with Crippen LogP contribution in [0.15, 0.2) is 12.1 Å². The molecule has 1 aliphatic heterocycles. The Morgan fingerprint density at radius 3 is 2.35 bits per heavy atom. The zero-order valence-corrected chi connectivity index (χ0v) is 16.6. The van der Waals surface area contributed by atoms with E-state index >= 15 is 0 Å². The Hall–Kier alpha value is -1.75. The topological polar surface area (TPSA) is 43.2 Å². The summed E-state index contributed by atoms with van der Waals surface area (Å²) in [5, 5.41) is 0. The molecule has 3 rings (SSSR count). The lowest BCUT2D eigenvalue weighted by Gasteiger charge is -2.36. The number of rotatable bonds is 5. The van der Waals surface area contributed by atoms with Gasteiger partial charge in [0.1, 0.15) is 6.54 Å². The van der Waals surface area contributed by atoms with Crippen molar-refractivity contribution >= 4 is 5.91 Å². The van der Waals surface area contributed by atoms with E-state index in [0.29, 0.717) is 6.04 Å². The van der Waals surface area contributed by atoms with Gasteiger partial charge in [0.05, 0.1) is 20.8 Å². The molecule has 2 atom stereocenters. The molecule has 0 aromatic heterocycles. The predicted octanol–water partition coefficient (Wildman–Crippen LogP) is 1.82. The lowest BCUT2D eigenvalue weighted by atomic mass is 9.93. The molecule has 0 bridgehead atoms. The van der Waals surface area contributed by atoms with Gasteiger partial charge in [0.15, 0.2) is 17.5 Å². The van der Waals surface area contributed by atoms with Crippen LogP contribution in [0.5, 0.6) is 11.5 Å². The number of benzene rings is 1. The first kappa shape index (κ1) is 19.0. The lowest BCUT2D eigenvalue weighted by Crippen LogP contribution is -3.16. The summed E-state index contributed by atoms with van der Waals surface area (Å²) in [4.78, 5) is 16.4. The number of likely N-dealkylation sites (N-methyl/N-ethyl adjacent to an activating group) is 1. The second kappa shape index (κ2) is 8.30. The van der Waals surface area contributed by atoms with Gasteiger partial charge in [-0.1, -0.05) is 19.3 Å². The Morgan fingerprint density at radius 1 is 1.12 bits per heavy atom. The van der Waals surface area contributed by atoms with Gasteiger partial charge in [0, 0.05) is 25.1 Å². The van der Waals surface area contributed by atoms with Crippen molar-refractivity contribution in [1.29, 1.82) is 0 Å². The first-order valence-electron chi connectivity index (χ1n) is 9.90. The quantitative estimate of drug-likeness (QED) is 0.870. The molecule has 0 radical (unpaired) electrons. The van der Waals surface area contributed by atoms with Gasteiger partial charge >= 0.3 is 0 Å². The van der Waals surface area contributed by atoms with Gasteiger partial charge in [-0.15, -0.1) is 0 Å². The van der Waals surface area contributed by atoms with Crippen LogP contribution in [0.2, 0.25) is 0 Å². The van der Waals surface area contributed by atoms with Crippen LogP contribution in [0.1, 0.15) is 50.2 Å². The van der Waals surface area contributed by atoms with Gasteiger partial charge < -0.3 is 19.3 Å². The van der Waals surface area contributed by atoms with Gasteiger partial charge in [-0.3, -0.25) is 4.79 Å². The number of hydrogen-bond acceptors (Lipinski definition) is 3. The van der Waals surface area contributed by atoms with E-state index in [9.17, 15) is 4.79 Å². The summed E-state index contributed by atoms with van der Waals surface area (Å²) in [5.41, 5.74) is 2.58. The number of carbonyl (C=O) groups excluding carboxylic acids is 1. The van der Waals surface area contributed by atoms with Crippen molar-refractivity contribution in [3.05, 3.63) is 23.3 Å². The predicted molar refractivity (Wildman–Crippen MR) is 102 cm³/mol. The van der Waals surface area contributed by atoms with Crippen LogP contribution in [-0.2, 0) is 17.8 Å². The van der Waals surface area contributed by atoms with Crippen LogP contribution in [-0.4, -0.2) is 50.7 Å². The minimum atomic E-state index is -0.0110. The molecule has 1 unspecified atom stereocenters. The van der Waals surface area contributed by atoms with Gasteiger partial charge in [-0.25, -0.2) is 0 Å². The third-order valence-corrected chi connectivity index (χ3v) is 6.29. The Labute approximate surface area is 157 Å². The molecule has 5 nitrogen and oxygen atoms in total. The SMILES string of the molecule is COc1cc2c(cc1OC)C[NH+]([C@@H](C)C(=O)N(C)C1CCCCC1)CC2. The van der Waals surface area contributed by atoms with Crippen LogP contribution in [0.25, 0.3) is 0 Å². The van der Waals surface area contributed by atoms with Gasteiger partial charge in [-0.05, 0) is 37.5 Å². The Morgan fingerprint density at radius 2 is 1.73 bits per heavy atom.